The van der Waals surface area contributed by atoms with Gasteiger partial charge in [-0.2, -0.15) is 13.2 Å². The fraction of sp³-hybridized carbons (Fsp3) is 0.500. The lowest BCUT2D eigenvalue weighted by atomic mass is 10.1. The van der Waals surface area contributed by atoms with Gasteiger partial charge < -0.3 is 9.47 Å². The van der Waals surface area contributed by atoms with Crippen molar-refractivity contribution in [3.63, 3.8) is 0 Å². The first-order chi connectivity index (χ1) is 11.3. The molecule has 140 valence electrons. The number of carbonyl (C=O) groups is 2. The van der Waals surface area contributed by atoms with Crippen molar-refractivity contribution < 1.29 is 36.4 Å². The van der Waals surface area contributed by atoms with Gasteiger partial charge in [-0.3, -0.25) is 9.00 Å². The Labute approximate surface area is 146 Å². The van der Waals surface area contributed by atoms with E-state index in [2.05, 4.69) is 4.74 Å². The van der Waals surface area contributed by atoms with E-state index in [1.54, 1.807) is 20.8 Å². The molecule has 0 aromatic heterocycles. The quantitative estimate of drug-likeness (QED) is 0.733. The molecule has 5 nitrogen and oxygen atoms in total. The lowest BCUT2D eigenvalue weighted by Crippen LogP contribution is -2.24. The summed E-state index contributed by atoms with van der Waals surface area (Å²) in [6.07, 6.45) is -4.85. The first-order valence-electron chi connectivity index (χ1n) is 7.33. The summed E-state index contributed by atoms with van der Waals surface area (Å²) in [5, 5.41) is 0. The molecule has 1 atom stereocenters. The third-order valence-corrected chi connectivity index (χ3v) is 4.06. The van der Waals surface area contributed by atoms with Crippen molar-refractivity contribution in [1.29, 1.82) is 0 Å². The maximum atomic E-state index is 13.3. The molecule has 1 unspecified atom stereocenters. The molecule has 25 heavy (non-hydrogen) atoms. The highest BCUT2D eigenvalue weighted by Gasteiger charge is 2.36. The second-order valence-electron chi connectivity index (χ2n) is 6.01. The standard InChI is InChI=1S/C16H19F3O5S/c1-5-23-13(20)9-25(22)12-7-6-10(8-11(12)16(17,18)19)14(21)24-15(2,3)4/h6-8H,5,9H2,1-4H3. The zero-order chi connectivity index (χ0) is 19.4. The van der Waals surface area contributed by atoms with Crippen LogP contribution in [0.1, 0.15) is 43.6 Å². The Morgan fingerprint density at radius 3 is 2.24 bits per heavy atom. The van der Waals surface area contributed by atoms with E-state index in [1.807, 2.05) is 0 Å². The van der Waals surface area contributed by atoms with Crippen LogP contribution in [0.3, 0.4) is 0 Å². The molecule has 0 bridgehead atoms. The van der Waals surface area contributed by atoms with E-state index < -0.39 is 50.7 Å². The molecule has 0 fully saturated rings. The monoisotopic (exact) mass is 380 g/mol. The summed E-state index contributed by atoms with van der Waals surface area (Å²) in [5.74, 6) is -2.51. The summed E-state index contributed by atoms with van der Waals surface area (Å²) >= 11 is 0. The molecule has 1 aromatic carbocycles. The predicted molar refractivity (Wildman–Crippen MR) is 84.5 cm³/mol. The zero-order valence-corrected chi connectivity index (χ0v) is 15.0. The molecule has 0 saturated carbocycles. The molecule has 0 amide bonds. The van der Waals surface area contributed by atoms with Gasteiger partial charge in [-0.15, -0.1) is 0 Å². The Kier molecular flexibility index (Phi) is 6.75. The minimum absolute atomic E-state index is 0.0275. The number of carbonyl (C=O) groups excluding carboxylic acids is 2. The van der Waals surface area contributed by atoms with Gasteiger partial charge in [0.1, 0.15) is 11.4 Å². The fourth-order valence-corrected chi connectivity index (χ4v) is 2.89. The number of alkyl halides is 3. The summed E-state index contributed by atoms with van der Waals surface area (Å²) in [5.41, 5.74) is -2.45. The molecule has 0 N–H and O–H groups in total. The largest absolute Gasteiger partial charge is 0.465 e. The van der Waals surface area contributed by atoms with E-state index in [9.17, 15) is 27.0 Å². The molecule has 0 aliphatic heterocycles. The third-order valence-electron chi connectivity index (χ3n) is 2.72. The third kappa shape index (κ3) is 6.49. The SMILES string of the molecule is CCOC(=O)CS(=O)c1ccc(C(=O)OC(C)(C)C)cc1C(F)(F)F. The number of ether oxygens (including phenoxy) is 2. The van der Waals surface area contributed by atoms with Crippen molar-refractivity contribution in [3.05, 3.63) is 29.3 Å². The molecule has 0 aliphatic rings. The smallest absolute Gasteiger partial charge is 0.417 e. The number of hydrogen-bond acceptors (Lipinski definition) is 5. The molecule has 0 saturated heterocycles. The first-order valence-corrected chi connectivity index (χ1v) is 8.65. The van der Waals surface area contributed by atoms with E-state index in [4.69, 9.17) is 4.74 Å². The minimum Gasteiger partial charge on any atom is -0.465 e. The average molecular weight is 380 g/mol. The molecule has 0 aliphatic carbocycles. The number of benzene rings is 1. The van der Waals surface area contributed by atoms with E-state index in [0.717, 1.165) is 12.1 Å². The minimum atomic E-state index is -4.85. The van der Waals surface area contributed by atoms with Gasteiger partial charge in [0.15, 0.2) is 0 Å². The topological polar surface area (TPSA) is 69.7 Å². The Bertz CT molecular complexity index is 677. The normalized spacial score (nSPS) is 13.2. The first kappa shape index (κ1) is 21.1. The summed E-state index contributed by atoms with van der Waals surface area (Å²) in [6, 6.07) is 2.57. The second-order valence-corrected chi connectivity index (χ2v) is 7.43. The highest BCUT2D eigenvalue weighted by Crippen LogP contribution is 2.34. The maximum absolute atomic E-state index is 13.3. The Morgan fingerprint density at radius 2 is 1.76 bits per heavy atom. The van der Waals surface area contributed by atoms with Crippen LogP contribution in [-0.4, -0.2) is 34.1 Å². The van der Waals surface area contributed by atoms with Crippen LogP contribution in [0.15, 0.2) is 23.1 Å². The summed E-state index contributed by atoms with van der Waals surface area (Å²) < 4.78 is 61.5. The van der Waals surface area contributed by atoms with Crippen molar-refractivity contribution in [1.82, 2.24) is 0 Å². The van der Waals surface area contributed by atoms with Gasteiger partial charge in [0.25, 0.3) is 0 Å². The molecular formula is C16H19F3O5S. The van der Waals surface area contributed by atoms with Crippen LogP contribution in [-0.2, 0) is 31.2 Å². The summed E-state index contributed by atoms with van der Waals surface area (Å²) in [7, 11) is -2.26. The molecule has 1 aromatic rings. The lowest BCUT2D eigenvalue weighted by Gasteiger charge is -2.20. The Hall–Kier alpha value is -1.90. The summed E-state index contributed by atoms with van der Waals surface area (Å²) in [6.45, 7) is 6.30. The molecular weight excluding hydrogens is 361 g/mol. The van der Waals surface area contributed by atoms with E-state index in [0.29, 0.717) is 6.07 Å². The van der Waals surface area contributed by atoms with Gasteiger partial charge in [-0.05, 0) is 45.9 Å². The van der Waals surface area contributed by atoms with Crippen molar-refractivity contribution in [3.8, 4) is 0 Å². The molecule has 0 heterocycles. The Balaban J connectivity index is 3.22. The van der Waals surface area contributed by atoms with Crippen LogP contribution in [0.5, 0.6) is 0 Å². The van der Waals surface area contributed by atoms with Crippen molar-refractivity contribution in [2.24, 2.45) is 0 Å². The van der Waals surface area contributed by atoms with Gasteiger partial charge in [-0.25, -0.2) is 4.79 Å². The molecule has 1 rings (SSSR count). The van der Waals surface area contributed by atoms with Gasteiger partial charge in [0.05, 0.1) is 33.4 Å². The number of esters is 2. The molecule has 0 radical (unpaired) electrons. The zero-order valence-electron chi connectivity index (χ0n) is 14.2. The van der Waals surface area contributed by atoms with Gasteiger partial charge in [-0.1, -0.05) is 0 Å². The highest BCUT2D eigenvalue weighted by molar-refractivity contribution is 7.85. The van der Waals surface area contributed by atoms with E-state index in [-0.39, 0.29) is 12.2 Å². The van der Waals surface area contributed by atoms with Crippen molar-refractivity contribution in [2.75, 3.05) is 12.4 Å². The number of hydrogen-bond donors (Lipinski definition) is 0. The average Bonchev–Trinajstić information content (AvgIpc) is 2.44. The molecule has 9 heteroatoms. The number of rotatable bonds is 5. The van der Waals surface area contributed by atoms with Crippen LogP contribution in [0, 0.1) is 0 Å². The van der Waals surface area contributed by atoms with Gasteiger partial charge >= 0.3 is 18.1 Å². The lowest BCUT2D eigenvalue weighted by molar-refractivity contribution is -0.141. The van der Waals surface area contributed by atoms with Crippen LogP contribution in [0.4, 0.5) is 13.2 Å². The van der Waals surface area contributed by atoms with Gasteiger partial charge in [0, 0.05) is 0 Å². The van der Waals surface area contributed by atoms with E-state index in [1.165, 1.54) is 6.92 Å². The second kappa shape index (κ2) is 7.99. The van der Waals surface area contributed by atoms with Crippen LogP contribution < -0.4 is 0 Å². The van der Waals surface area contributed by atoms with Crippen LogP contribution >= 0.6 is 0 Å². The van der Waals surface area contributed by atoms with Crippen molar-refractivity contribution in [2.45, 2.75) is 44.4 Å². The highest BCUT2D eigenvalue weighted by atomic mass is 32.2. The van der Waals surface area contributed by atoms with E-state index >= 15 is 0 Å². The fourth-order valence-electron chi connectivity index (χ4n) is 1.80. The molecule has 0 spiro atoms. The number of halogens is 3. The Morgan fingerprint density at radius 1 is 1.16 bits per heavy atom. The maximum Gasteiger partial charge on any atom is 0.417 e. The summed E-state index contributed by atoms with van der Waals surface area (Å²) in [4.78, 5) is 22.7. The van der Waals surface area contributed by atoms with Crippen molar-refractivity contribution >= 4 is 22.7 Å². The predicted octanol–water partition coefficient (Wildman–Crippen LogP) is 3.33. The van der Waals surface area contributed by atoms with Crippen LogP contribution in [0.2, 0.25) is 0 Å². The van der Waals surface area contributed by atoms with Gasteiger partial charge in [0.2, 0.25) is 0 Å². The van der Waals surface area contributed by atoms with Crippen LogP contribution in [0.25, 0.3) is 0 Å².